The summed E-state index contributed by atoms with van der Waals surface area (Å²) < 4.78 is 0. The van der Waals surface area contributed by atoms with Crippen LogP contribution in [0, 0.1) is 0 Å². The maximum absolute atomic E-state index is 13.0. The van der Waals surface area contributed by atoms with Crippen LogP contribution in [0.4, 0.5) is 0 Å². The minimum Gasteiger partial charge on any atom is -0.337 e. The topological polar surface area (TPSA) is 32.3 Å². The zero-order valence-electron chi connectivity index (χ0n) is 12.3. The van der Waals surface area contributed by atoms with Gasteiger partial charge in [0.25, 0.3) is 0 Å². The Labute approximate surface area is 121 Å². The number of benzene rings is 1. The first-order valence-corrected chi connectivity index (χ1v) is 7.90. The summed E-state index contributed by atoms with van der Waals surface area (Å²) in [5.74, 6) is 0.442. The molecule has 0 spiro atoms. The molecule has 3 nitrogen and oxygen atoms in total. The predicted octanol–water partition coefficient (Wildman–Crippen LogP) is 2.32. The van der Waals surface area contributed by atoms with Gasteiger partial charge in [-0.15, -0.1) is 0 Å². The van der Waals surface area contributed by atoms with Crippen molar-refractivity contribution >= 4 is 5.91 Å². The Hall–Kier alpha value is -1.35. The van der Waals surface area contributed by atoms with Crippen LogP contribution in [0.1, 0.15) is 43.2 Å². The zero-order valence-corrected chi connectivity index (χ0v) is 12.3. The second-order valence-corrected chi connectivity index (χ2v) is 5.99. The van der Waals surface area contributed by atoms with Crippen LogP contribution in [0.3, 0.4) is 0 Å². The van der Waals surface area contributed by atoms with Crippen LogP contribution >= 0.6 is 0 Å². The lowest BCUT2D eigenvalue weighted by Gasteiger charge is -2.40. The molecule has 2 aliphatic rings. The van der Waals surface area contributed by atoms with E-state index in [1.807, 2.05) is 0 Å². The molecule has 3 rings (SSSR count). The SMILES string of the molecule is CCCN(C(=O)C1CCCc2ccccc21)C1CNC1. The molecule has 1 aliphatic heterocycles. The van der Waals surface area contributed by atoms with Gasteiger partial charge >= 0.3 is 0 Å². The minimum absolute atomic E-state index is 0.0899. The van der Waals surface area contributed by atoms with Crippen molar-refractivity contribution in [1.29, 1.82) is 0 Å². The van der Waals surface area contributed by atoms with Crippen molar-refractivity contribution in [3.63, 3.8) is 0 Å². The van der Waals surface area contributed by atoms with Crippen LogP contribution in [-0.4, -0.2) is 36.5 Å². The van der Waals surface area contributed by atoms with Crippen molar-refractivity contribution < 1.29 is 4.79 Å². The molecule has 1 N–H and O–H groups in total. The first-order valence-electron chi connectivity index (χ1n) is 7.90. The summed E-state index contributed by atoms with van der Waals surface area (Å²) in [5, 5.41) is 3.28. The first-order chi connectivity index (χ1) is 9.81. The van der Waals surface area contributed by atoms with Crippen LogP contribution in [-0.2, 0) is 11.2 Å². The quantitative estimate of drug-likeness (QED) is 0.912. The fourth-order valence-electron chi connectivity index (χ4n) is 3.42. The van der Waals surface area contributed by atoms with Gasteiger partial charge in [0.2, 0.25) is 5.91 Å². The lowest BCUT2D eigenvalue weighted by atomic mass is 9.81. The molecule has 0 aromatic heterocycles. The van der Waals surface area contributed by atoms with E-state index in [0.717, 1.165) is 45.3 Å². The number of fused-ring (bicyclic) bond motifs is 1. The molecule has 0 bridgehead atoms. The van der Waals surface area contributed by atoms with E-state index in [1.54, 1.807) is 0 Å². The molecule has 1 aromatic rings. The number of nitrogens with one attached hydrogen (secondary N) is 1. The van der Waals surface area contributed by atoms with Crippen LogP contribution in [0.5, 0.6) is 0 Å². The van der Waals surface area contributed by atoms with Crippen LogP contribution in [0.15, 0.2) is 24.3 Å². The number of aryl methyl sites for hydroxylation is 1. The van der Waals surface area contributed by atoms with Crippen molar-refractivity contribution in [2.75, 3.05) is 19.6 Å². The summed E-state index contributed by atoms with van der Waals surface area (Å²) >= 11 is 0. The third kappa shape index (κ3) is 2.47. The summed E-state index contributed by atoms with van der Waals surface area (Å²) in [6.07, 6.45) is 4.31. The number of hydrogen-bond acceptors (Lipinski definition) is 2. The van der Waals surface area contributed by atoms with Crippen LogP contribution in [0.2, 0.25) is 0 Å². The van der Waals surface area contributed by atoms with E-state index < -0.39 is 0 Å². The lowest BCUT2D eigenvalue weighted by Crippen LogP contribution is -2.59. The average Bonchev–Trinajstić information content (AvgIpc) is 2.43. The fraction of sp³-hybridized carbons (Fsp3) is 0.588. The highest BCUT2D eigenvalue weighted by Gasteiger charge is 2.34. The molecule has 108 valence electrons. The lowest BCUT2D eigenvalue weighted by molar-refractivity contribution is -0.136. The number of nitrogens with zero attached hydrogens (tertiary/aromatic N) is 1. The second-order valence-electron chi connectivity index (χ2n) is 5.99. The number of hydrogen-bond donors (Lipinski definition) is 1. The number of carbonyl (C=O) groups is 1. The molecule has 1 unspecified atom stereocenters. The van der Waals surface area contributed by atoms with Crippen LogP contribution < -0.4 is 5.32 Å². The second kappa shape index (κ2) is 5.96. The molecule has 1 aromatic carbocycles. The van der Waals surface area contributed by atoms with Crippen molar-refractivity contribution in [3.8, 4) is 0 Å². The molecule has 0 radical (unpaired) electrons. The molecule has 1 saturated heterocycles. The van der Waals surface area contributed by atoms with E-state index in [4.69, 9.17) is 0 Å². The smallest absolute Gasteiger partial charge is 0.230 e. The first kappa shape index (κ1) is 13.6. The molecule has 1 atom stereocenters. The Kier molecular flexibility index (Phi) is 4.06. The summed E-state index contributed by atoms with van der Waals surface area (Å²) in [5.41, 5.74) is 2.65. The third-order valence-corrected chi connectivity index (χ3v) is 4.62. The standard InChI is InChI=1S/C17H24N2O/c1-2-10-19(14-11-18-12-14)17(20)16-9-5-7-13-6-3-4-8-15(13)16/h3-4,6,8,14,16,18H,2,5,7,9-12H2,1H3. The van der Waals surface area contributed by atoms with Gasteiger partial charge in [-0.05, 0) is 36.8 Å². The number of amides is 1. The molecule has 1 aliphatic carbocycles. The van der Waals surface area contributed by atoms with Crippen molar-refractivity contribution in [2.24, 2.45) is 0 Å². The Balaban J connectivity index is 1.82. The summed E-state index contributed by atoms with van der Waals surface area (Å²) in [6, 6.07) is 8.91. The van der Waals surface area contributed by atoms with Gasteiger partial charge in [-0.1, -0.05) is 31.2 Å². The Bertz CT molecular complexity index is 482. The molecule has 3 heteroatoms. The molecular formula is C17H24N2O. The summed E-state index contributed by atoms with van der Waals surface area (Å²) in [6.45, 7) is 4.96. The van der Waals surface area contributed by atoms with Crippen molar-refractivity contribution in [1.82, 2.24) is 10.2 Å². The maximum Gasteiger partial charge on any atom is 0.230 e. The van der Waals surface area contributed by atoms with Crippen LogP contribution in [0.25, 0.3) is 0 Å². The Morgan fingerprint density at radius 2 is 2.15 bits per heavy atom. The highest BCUT2D eigenvalue weighted by atomic mass is 16.2. The molecule has 1 fully saturated rings. The normalized spacial score (nSPS) is 21.9. The van der Waals surface area contributed by atoms with Gasteiger partial charge in [-0.3, -0.25) is 4.79 Å². The number of carbonyl (C=O) groups excluding carboxylic acids is 1. The maximum atomic E-state index is 13.0. The van der Waals surface area contributed by atoms with Gasteiger partial charge < -0.3 is 10.2 Å². The Morgan fingerprint density at radius 1 is 1.35 bits per heavy atom. The summed E-state index contributed by atoms with van der Waals surface area (Å²) in [4.78, 5) is 15.1. The van der Waals surface area contributed by atoms with E-state index in [9.17, 15) is 4.79 Å². The van der Waals surface area contributed by atoms with E-state index in [-0.39, 0.29) is 5.92 Å². The van der Waals surface area contributed by atoms with Gasteiger partial charge in [0.15, 0.2) is 0 Å². The minimum atomic E-state index is 0.0899. The zero-order chi connectivity index (χ0) is 13.9. The highest BCUT2D eigenvalue weighted by Crippen LogP contribution is 2.33. The molecule has 1 heterocycles. The largest absolute Gasteiger partial charge is 0.337 e. The molecule has 0 saturated carbocycles. The van der Waals surface area contributed by atoms with Crippen molar-refractivity contribution in [2.45, 2.75) is 44.6 Å². The Morgan fingerprint density at radius 3 is 2.85 bits per heavy atom. The van der Waals surface area contributed by atoms with Gasteiger partial charge in [-0.25, -0.2) is 0 Å². The number of rotatable bonds is 4. The van der Waals surface area contributed by atoms with Crippen molar-refractivity contribution in [3.05, 3.63) is 35.4 Å². The summed E-state index contributed by atoms with van der Waals surface area (Å²) in [7, 11) is 0. The van der Waals surface area contributed by atoms with Gasteiger partial charge in [0.1, 0.15) is 0 Å². The highest BCUT2D eigenvalue weighted by molar-refractivity contribution is 5.85. The average molecular weight is 272 g/mol. The third-order valence-electron chi connectivity index (χ3n) is 4.62. The monoisotopic (exact) mass is 272 g/mol. The fourth-order valence-corrected chi connectivity index (χ4v) is 3.42. The van der Waals surface area contributed by atoms with E-state index >= 15 is 0 Å². The van der Waals surface area contributed by atoms with Gasteiger partial charge in [-0.2, -0.15) is 0 Å². The van der Waals surface area contributed by atoms with Gasteiger partial charge in [0.05, 0.1) is 12.0 Å². The molecule has 1 amide bonds. The predicted molar refractivity (Wildman–Crippen MR) is 80.8 cm³/mol. The molecule has 20 heavy (non-hydrogen) atoms. The van der Waals surface area contributed by atoms with E-state index in [0.29, 0.717) is 11.9 Å². The molecular weight excluding hydrogens is 248 g/mol. The van der Waals surface area contributed by atoms with E-state index in [2.05, 4.69) is 41.4 Å². The van der Waals surface area contributed by atoms with E-state index in [1.165, 1.54) is 11.1 Å². The van der Waals surface area contributed by atoms with Gasteiger partial charge in [0, 0.05) is 19.6 Å².